The minimum atomic E-state index is -3.39. The molecule has 1 aliphatic rings. The summed E-state index contributed by atoms with van der Waals surface area (Å²) in [5.74, 6) is 0. The molecule has 1 atom stereocenters. The third-order valence-electron chi connectivity index (χ3n) is 3.37. The topological polar surface area (TPSA) is 81.2 Å². The monoisotopic (exact) mass is 272 g/mol. The number of sulfonamides is 1. The zero-order valence-electron chi connectivity index (χ0n) is 10.6. The van der Waals surface area contributed by atoms with Gasteiger partial charge in [-0.3, -0.25) is 4.68 Å². The molecule has 0 spiro atoms. The van der Waals surface area contributed by atoms with Crippen molar-refractivity contribution < 1.29 is 8.42 Å². The van der Waals surface area contributed by atoms with Crippen LogP contribution in [0.15, 0.2) is 17.3 Å². The molecular weight excluding hydrogens is 252 g/mol. The Morgan fingerprint density at radius 2 is 2.33 bits per heavy atom. The number of rotatable bonds is 5. The number of hydrogen-bond acceptors (Lipinski definition) is 4. The average molecular weight is 272 g/mol. The lowest BCUT2D eigenvalue weighted by Gasteiger charge is -2.21. The molecular formula is C11H20N4O2S. The largest absolute Gasteiger partial charge is 0.329 e. The van der Waals surface area contributed by atoms with Crippen LogP contribution in [0.5, 0.6) is 0 Å². The summed E-state index contributed by atoms with van der Waals surface area (Å²) in [5.41, 5.74) is 5.42. The van der Waals surface area contributed by atoms with Crippen molar-refractivity contribution in [2.24, 2.45) is 5.73 Å². The van der Waals surface area contributed by atoms with Gasteiger partial charge in [0.15, 0.2) is 0 Å². The van der Waals surface area contributed by atoms with E-state index in [1.807, 2.05) is 6.92 Å². The van der Waals surface area contributed by atoms with Crippen molar-refractivity contribution in [3.63, 3.8) is 0 Å². The van der Waals surface area contributed by atoms with Gasteiger partial charge < -0.3 is 5.73 Å². The van der Waals surface area contributed by atoms with E-state index in [1.165, 1.54) is 6.20 Å². The molecule has 2 N–H and O–H groups in total. The summed E-state index contributed by atoms with van der Waals surface area (Å²) in [6.45, 7) is 3.62. The van der Waals surface area contributed by atoms with Crippen LogP contribution in [0.25, 0.3) is 0 Å². The second-order valence-electron chi connectivity index (χ2n) is 4.55. The van der Waals surface area contributed by atoms with E-state index in [4.69, 9.17) is 5.73 Å². The van der Waals surface area contributed by atoms with Gasteiger partial charge in [0, 0.05) is 25.3 Å². The van der Waals surface area contributed by atoms with Gasteiger partial charge in [-0.05, 0) is 19.3 Å². The van der Waals surface area contributed by atoms with Crippen LogP contribution in [0.4, 0.5) is 0 Å². The van der Waals surface area contributed by atoms with E-state index >= 15 is 0 Å². The molecule has 0 aromatic carbocycles. The second-order valence-corrected chi connectivity index (χ2v) is 6.44. The fourth-order valence-electron chi connectivity index (χ4n) is 2.40. The minimum absolute atomic E-state index is 0.132. The lowest BCUT2D eigenvalue weighted by Crippen LogP contribution is -2.34. The predicted molar refractivity (Wildman–Crippen MR) is 68.5 cm³/mol. The summed E-state index contributed by atoms with van der Waals surface area (Å²) in [6, 6.07) is 0.132. The highest BCUT2D eigenvalue weighted by atomic mass is 32.2. The van der Waals surface area contributed by atoms with Crippen molar-refractivity contribution in [2.75, 3.05) is 13.1 Å². The Labute approximate surface area is 108 Å². The maximum absolute atomic E-state index is 12.5. The highest BCUT2D eigenvalue weighted by Crippen LogP contribution is 2.27. The van der Waals surface area contributed by atoms with Gasteiger partial charge in [-0.25, -0.2) is 8.42 Å². The molecule has 0 bridgehead atoms. The Balaban J connectivity index is 2.24. The summed E-state index contributed by atoms with van der Waals surface area (Å²) >= 11 is 0. The molecule has 7 heteroatoms. The van der Waals surface area contributed by atoms with Gasteiger partial charge in [-0.15, -0.1) is 0 Å². The molecule has 1 saturated heterocycles. The molecule has 1 fully saturated rings. The lowest BCUT2D eigenvalue weighted by atomic mass is 10.2. The van der Waals surface area contributed by atoms with Crippen LogP contribution >= 0.6 is 0 Å². The molecule has 1 aliphatic heterocycles. The molecule has 102 valence electrons. The summed E-state index contributed by atoms with van der Waals surface area (Å²) in [6.07, 6.45) is 5.72. The standard InChI is InChI=1S/C11H20N4O2S/c1-2-10-4-3-6-15(10)18(16,17)11-8-13-14(9-11)7-5-12/h8-10H,2-7,12H2,1H3. The summed E-state index contributed by atoms with van der Waals surface area (Å²) in [5, 5.41) is 4.03. The molecule has 0 aliphatic carbocycles. The fourth-order valence-corrected chi connectivity index (χ4v) is 4.12. The quantitative estimate of drug-likeness (QED) is 0.841. The molecule has 1 unspecified atom stereocenters. The van der Waals surface area contributed by atoms with Gasteiger partial charge in [0.1, 0.15) is 4.90 Å². The van der Waals surface area contributed by atoms with E-state index in [0.717, 1.165) is 19.3 Å². The van der Waals surface area contributed by atoms with Gasteiger partial charge >= 0.3 is 0 Å². The van der Waals surface area contributed by atoms with Crippen molar-refractivity contribution in [1.29, 1.82) is 0 Å². The lowest BCUT2D eigenvalue weighted by molar-refractivity contribution is 0.379. The molecule has 0 saturated carbocycles. The highest BCUT2D eigenvalue weighted by Gasteiger charge is 2.34. The second kappa shape index (κ2) is 5.38. The van der Waals surface area contributed by atoms with E-state index in [0.29, 0.717) is 19.6 Å². The van der Waals surface area contributed by atoms with E-state index in [-0.39, 0.29) is 10.9 Å². The van der Waals surface area contributed by atoms with Crippen molar-refractivity contribution >= 4 is 10.0 Å². The van der Waals surface area contributed by atoms with E-state index in [2.05, 4.69) is 5.10 Å². The third kappa shape index (κ3) is 2.43. The number of nitrogens with zero attached hydrogens (tertiary/aromatic N) is 3. The normalized spacial score (nSPS) is 21.6. The van der Waals surface area contributed by atoms with Crippen LogP contribution in [-0.4, -0.2) is 41.6 Å². The Bertz CT molecular complexity index is 497. The van der Waals surface area contributed by atoms with E-state index in [1.54, 1.807) is 15.2 Å². The number of nitrogens with two attached hydrogens (primary N) is 1. The first-order valence-electron chi connectivity index (χ1n) is 6.34. The Morgan fingerprint density at radius 3 is 3.00 bits per heavy atom. The average Bonchev–Trinajstić information content (AvgIpc) is 2.97. The fraction of sp³-hybridized carbons (Fsp3) is 0.727. The van der Waals surface area contributed by atoms with E-state index in [9.17, 15) is 8.42 Å². The Kier molecular flexibility index (Phi) is 4.04. The van der Waals surface area contributed by atoms with Crippen LogP contribution in [0.1, 0.15) is 26.2 Å². The van der Waals surface area contributed by atoms with Gasteiger partial charge in [0.25, 0.3) is 0 Å². The van der Waals surface area contributed by atoms with Crippen molar-refractivity contribution in [3.05, 3.63) is 12.4 Å². The molecule has 1 aromatic heterocycles. The third-order valence-corrected chi connectivity index (χ3v) is 5.27. The van der Waals surface area contributed by atoms with Crippen LogP contribution in [-0.2, 0) is 16.6 Å². The van der Waals surface area contributed by atoms with Crippen molar-refractivity contribution in [2.45, 2.75) is 43.7 Å². The maximum Gasteiger partial charge on any atom is 0.246 e. The smallest absolute Gasteiger partial charge is 0.246 e. The molecule has 2 heterocycles. The van der Waals surface area contributed by atoms with Crippen LogP contribution < -0.4 is 5.73 Å². The van der Waals surface area contributed by atoms with Crippen LogP contribution in [0.2, 0.25) is 0 Å². The Hall–Kier alpha value is -0.920. The molecule has 1 aromatic rings. The van der Waals surface area contributed by atoms with Crippen LogP contribution in [0, 0.1) is 0 Å². The van der Waals surface area contributed by atoms with Gasteiger partial charge in [0.05, 0.1) is 12.7 Å². The summed E-state index contributed by atoms with van der Waals surface area (Å²) < 4.78 is 28.1. The summed E-state index contributed by atoms with van der Waals surface area (Å²) in [4.78, 5) is 0.274. The number of hydrogen-bond donors (Lipinski definition) is 1. The predicted octanol–water partition coefficient (Wildman–Crippen LogP) is 0.405. The molecule has 0 radical (unpaired) electrons. The van der Waals surface area contributed by atoms with Gasteiger partial charge in [0.2, 0.25) is 10.0 Å². The SMILES string of the molecule is CCC1CCCN1S(=O)(=O)c1cnn(CCN)c1. The van der Waals surface area contributed by atoms with Crippen molar-refractivity contribution in [1.82, 2.24) is 14.1 Å². The highest BCUT2D eigenvalue weighted by molar-refractivity contribution is 7.89. The van der Waals surface area contributed by atoms with Gasteiger partial charge in [-0.2, -0.15) is 9.40 Å². The maximum atomic E-state index is 12.5. The number of aromatic nitrogens is 2. The molecule has 6 nitrogen and oxygen atoms in total. The van der Waals surface area contributed by atoms with Crippen molar-refractivity contribution in [3.8, 4) is 0 Å². The molecule has 0 amide bonds. The first-order chi connectivity index (χ1) is 8.59. The van der Waals surface area contributed by atoms with E-state index < -0.39 is 10.0 Å². The minimum Gasteiger partial charge on any atom is -0.329 e. The Morgan fingerprint density at radius 1 is 1.56 bits per heavy atom. The first kappa shape index (κ1) is 13.5. The van der Waals surface area contributed by atoms with Gasteiger partial charge in [-0.1, -0.05) is 6.92 Å². The zero-order valence-corrected chi connectivity index (χ0v) is 11.4. The molecule has 2 rings (SSSR count). The first-order valence-corrected chi connectivity index (χ1v) is 7.78. The molecule has 18 heavy (non-hydrogen) atoms. The van der Waals surface area contributed by atoms with Crippen LogP contribution in [0.3, 0.4) is 0 Å². The summed E-state index contributed by atoms with van der Waals surface area (Å²) in [7, 11) is -3.39. The zero-order chi connectivity index (χ0) is 13.2.